The van der Waals surface area contributed by atoms with Crippen molar-refractivity contribution in [2.45, 2.75) is 37.6 Å². The van der Waals surface area contributed by atoms with Crippen molar-refractivity contribution < 1.29 is 9.13 Å². The Morgan fingerprint density at radius 2 is 1.94 bits per heavy atom. The SMILES string of the molecule is COc1c(F)cc(Br)cc1C1(N)CCCCC1. The van der Waals surface area contributed by atoms with Crippen molar-refractivity contribution in [3.05, 3.63) is 28.0 Å². The first kappa shape index (κ1) is 12.8. The van der Waals surface area contributed by atoms with Gasteiger partial charge in [0, 0.05) is 15.6 Å². The molecule has 2 rings (SSSR count). The van der Waals surface area contributed by atoms with E-state index >= 15 is 0 Å². The van der Waals surface area contributed by atoms with E-state index in [9.17, 15) is 4.39 Å². The summed E-state index contributed by atoms with van der Waals surface area (Å²) >= 11 is 3.32. The Morgan fingerprint density at radius 1 is 1.29 bits per heavy atom. The maximum atomic E-state index is 13.8. The van der Waals surface area contributed by atoms with Gasteiger partial charge in [-0.3, -0.25) is 0 Å². The molecule has 2 nitrogen and oxygen atoms in total. The molecule has 94 valence electrons. The summed E-state index contributed by atoms with van der Waals surface area (Å²) in [6.07, 6.45) is 5.16. The zero-order valence-corrected chi connectivity index (χ0v) is 11.5. The molecule has 1 aliphatic rings. The molecule has 1 saturated carbocycles. The lowest BCUT2D eigenvalue weighted by Gasteiger charge is -2.35. The number of nitrogens with two attached hydrogens (primary N) is 1. The van der Waals surface area contributed by atoms with Gasteiger partial charge in [-0.2, -0.15) is 0 Å². The van der Waals surface area contributed by atoms with Gasteiger partial charge in [-0.15, -0.1) is 0 Å². The van der Waals surface area contributed by atoms with Crippen LogP contribution in [0.1, 0.15) is 37.7 Å². The normalized spacial score (nSPS) is 19.1. The molecular formula is C13H17BrFNO. The standard InChI is InChI=1S/C13H17BrFNO/c1-17-12-10(7-9(14)8-11(12)15)13(16)5-3-2-4-6-13/h7-8H,2-6,16H2,1H3. The molecule has 4 heteroatoms. The molecule has 0 saturated heterocycles. The second kappa shape index (κ2) is 4.94. The van der Waals surface area contributed by atoms with E-state index in [0.29, 0.717) is 4.47 Å². The first-order chi connectivity index (χ1) is 8.07. The summed E-state index contributed by atoms with van der Waals surface area (Å²) in [5.74, 6) is -0.0649. The minimum absolute atomic E-state index is 0.289. The maximum absolute atomic E-state index is 13.8. The smallest absolute Gasteiger partial charge is 0.166 e. The minimum atomic E-state index is -0.450. The lowest BCUT2D eigenvalue weighted by molar-refractivity contribution is 0.284. The Labute approximate surface area is 109 Å². The van der Waals surface area contributed by atoms with Crippen LogP contribution in [0.25, 0.3) is 0 Å². The average Bonchev–Trinajstić information content (AvgIpc) is 2.29. The van der Waals surface area contributed by atoms with Crippen molar-refractivity contribution in [2.75, 3.05) is 7.11 Å². The fraction of sp³-hybridized carbons (Fsp3) is 0.538. The average molecular weight is 302 g/mol. The predicted molar refractivity (Wildman–Crippen MR) is 69.6 cm³/mol. The quantitative estimate of drug-likeness (QED) is 0.903. The van der Waals surface area contributed by atoms with E-state index in [4.69, 9.17) is 10.5 Å². The number of benzene rings is 1. The van der Waals surface area contributed by atoms with Gasteiger partial charge in [-0.25, -0.2) is 4.39 Å². The third-order valence-electron chi connectivity index (χ3n) is 3.49. The van der Waals surface area contributed by atoms with Crippen LogP contribution in [-0.2, 0) is 5.54 Å². The van der Waals surface area contributed by atoms with Gasteiger partial charge >= 0.3 is 0 Å². The van der Waals surface area contributed by atoms with Crippen LogP contribution in [0.15, 0.2) is 16.6 Å². The highest BCUT2D eigenvalue weighted by atomic mass is 79.9. The molecule has 0 bridgehead atoms. The molecular weight excluding hydrogens is 285 g/mol. The zero-order valence-electron chi connectivity index (χ0n) is 9.93. The summed E-state index contributed by atoms with van der Waals surface area (Å²) in [5, 5.41) is 0. The fourth-order valence-corrected chi connectivity index (χ4v) is 3.02. The summed E-state index contributed by atoms with van der Waals surface area (Å²) in [5.41, 5.74) is 6.76. The summed E-state index contributed by atoms with van der Waals surface area (Å²) in [6, 6.07) is 3.29. The first-order valence-electron chi connectivity index (χ1n) is 5.89. The van der Waals surface area contributed by atoms with Gasteiger partial charge in [0.25, 0.3) is 0 Å². The number of hydrogen-bond acceptors (Lipinski definition) is 2. The van der Waals surface area contributed by atoms with Crippen molar-refractivity contribution >= 4 is 15.9 Å². The molecule has 0 atom stereocenters. The highest BCUT2D eigenvalue weighted by molar-refractivity contribution is 9.10. The van der Waals surface area contributed by atoms with E-state index in [1.54, 1.807) is 0 Å². The highest BCUT2D eigenvalue weighted by Crippen LogP contribution is 2.41. The van der Waals surface area contributed by atoms with Crippen molar-refractivity contribution in [3.8, 4) is 5.75 Å². The Balaban J connectivity index is 2.49. The van der Waals surface area contributed by atoms with Crippen molar-refractivity contribution in [1.29, 1.82) is 0 Å². The lowest BCUT2D eigenvalue weighted by Crippen LogP contribution is -2.39. The molecule has 0 radical (unpaired) electrons. The maximum Gasteiger partial charge on any atom is 0.166 e. The molecule has 1 aliphatic carbocycles. The predicted octanol–water partition coefficient (Wildman–Crippen LogP) is 3.71. The number of methoxy groups -OCH3 is 1. The summed E-state index contributed by atoms with van der Waals surface area (Å²) in [4.78, 5) is 0. The van der Waals surface area contributed by atoms with Crippen molar-refractivity contribution in [3.63, 3.8) is 0 Å². The molecule has 2 N–H and O–H groups in total. The van der Waals surface area contributed by atoms with Crippen LogP contribution in [0, 0.1) is 5.82 Å². The molecule has 0 amide bonds. The van der Waals surface area contributed by atoms with E-state index < -0.39 is 5.54 Å². The molecule has 0 heterocycles. The van der Waals surface area contributed by atoms with Crippen LogP contribution >= 0.6 is 15.9 Å². The van der Waals surface area contributed by atoms with Gasteiger partial charge in [0.1, 0.15) is 0 Å². The second-order valence-electron chi connectivity index (χ2n) is 4.69. The Morgan fingerprint density at radius 3 is 2.53 bits per heavy atom. The monoisotopic (exact) mass is 301 g/mol. The Bertz CT molecular complexity index is 416. The molecule has 0 unspecified atom stereocenters. The van der Waals surface area contributed by atoms with Gasteiger partial charge < -0.3 is 10.5 Å². The fourth-order valence-electron chi connectivity index (χ4n) is 2.59. The van der Waals surface area contributed by atoms with E-state index in [0.717, 1.165) is 31.2 Å². The van der Waals surface area contributed by atoms with Gasteiger partial charge in [-0.05, 0) is 25.0 Å². The van der Waals surface area contributed by atoms with E-state index in [-0.39, 0.29) is 11.6 Å². The molecule has 1 fully saturated rings. The van der Waals surface area contributed by atoms with Crippen LogP contribution in [0.4, 0.5) is 4.39 Å². The first-order valence-corrected chi connectivity index (χ1v) is 6.68. The number of rotatable bonds is 2. The highest BCUT2D eigenvalue weighted by Gasteiger charge is 2.33. The summed E-state index contributed by atoms with van der Waals surface area (Å²) in [6.45, 7) is 0. The third kappa shape index (κ3) is 2.47. The molecule has 17 heavy (non-hydrogen) atoms. The molecule has 1 aromatic rings. The molecule has 0 spiro atoms. The molecule has 1 aromatic carbocycles. The van der Waals surface area contributed by atoms with Gasteiger partial charge in [-0.1, -0.05) is 35.2 Å². The number of hydrogen-bond donors (Lipinski definition) is 1. The van der Waals surface area contributed by atoms with Gasteiger partial charge in [0.2, 0.25) is 0 Å². The molecule has 0 aromatic heterocycles. The number of ether oxygens (including phenoxy) is 1. The van der Waals surface area contributed by atoms with E-state index in [2.05, 4.69) is 15.9 Å². The van der Waals surface area contributed by atoms with Crippen LogP contribution < -0.4 is 10.5 Å². The van der Waals surface area contributed by atoms with E-state index in [1.807, 2.05) is 6.07 Å². The van der Waals surface area contributed by atoms with Crippen LogP contribution in [-0.4, -0.2) is 7.11 Å². The largest absolute Gasteiger partial charge is 0.493 e. The van der Waals surface area contributed by atoms with Crippen molar-refractivity contribution in [2.24, 2.45) is 5.73 Å². The second-order valence-corrected chi connectivity index (χ2v) is 5.60. The third-order valence-corrected chi connectivity index (χ3v) is 3.95. The number of halogens is 2. The minimum Gasteiger partial charge on any atom is -0.493 e. The zero-order chi connectivity index (χ0) is 12.5. The summed E-state index contributed by atoms with van der Waals surface area (Å²) < 4.78 is 19.7. The van der Waals surface area contributed by atoms with Crippen molar-refractivity contribution in [1.82, 2.24) is 0 Å². The van der Waals surface area contributed by atoms with E-state index in [1.165, 1.54) is 19.6 Å². The van der Waals surface area contributed by atoms with Gasteiger partial charge in [0.05, 0.1) is 7.11 Å². The summed E-state index contributed by atoms with van der Waals surface area (Å²) in [7, 11) is 1.49. The topological polar surface area (TPSA) is 35.2 Å². The van der Waals surface area contributed by atoms with Gasteiger partial charge in [0.15, 0.2) is 11.6 Å². The Kier molecular flexibility index (Phi) is 3.73. The Hall–Kier alpha value is -0.610. The van der Waals surface area contributed by atoms with Crippen LogP contribution in [0.3, 0.4) is 0 Å². The van der Waals surface area contributed by atoms with Crippen LogP contribution in [0.5, 0.6) is 5.75 Å². The molecule has 0 aliphatic heterocycles. The van der Waals surface area contributed by atoms with Crippen LogP contribution in [0.2, 0.25) is 0 Å². The lowest BCUT2D eigenvalue weighted by atomic mass is 9.77.